The molecule has 0 spiro atoms. The van der Waals surface area contributed by atoms with E-state index in [1.54, 1.807) is 47.2 Å². The van der Waals surface area contributed by atoms with Crippen LogP contribution in [-0.4, -0.2) is 76.3 Å². The Morgan fingerprint density at radius 3 is 2.35 bits per heavy atom. The van der Waals surface area contributed by atoms with Gasteiger partial charge in [0.2, 0.25) is 11.9 Å². The smallest absolute Gasteiger partial charge is 0.415 e. The molecule has 0 radical (unpaired) electrons. The van der Waals surface area contributed by atoms with Crippen molar-refractivity contribution >= 4 is 35.4 Å². The van der Waals surface area contributed by atoms with E-state index >= 15 is 0 Å². The van der Waals surface area contributed by atoms with Crippen molar-refractivity contribution < 1.29 is 24.2 Å². The van der Waals surface area contributed by atoms with Gasteiger partial charge in [-0.15, -0.1) is 0 Å². The lowest BCUT2D eigenvalue weighted by atomic mass is 10.0. The summed E-state index contributed by atoms with van der Waals surface area (Å²) in [4.78, 5) is 53.3. The molecule has 2 aliphatic rings. The Kier molecular flexibility index (Phi) is 7.80. The molecule has 1 fully saturated rings. The molecule has 2 aromatic rings. The quantitative estimate of drug-likeness (QED) is 0.571. The van der Waals surface area contributed by atoms with Crippen LogP contribution in [0.1, 0.15) is 46.1 Å². The van der Waals surface area contributed by atoms with Gasteiger partial charge >= 0.3 is 12.1 Å². The third-order valence-electron chi connectivity index (χ3n) is 6.95. The average Bonchev–Trinajstić information content (AvgIpc) is 3.50. The summed E-state index contributed by atoms with van der Waals surface area (Å²) >= 11 is 0. The molecule has 1 N–H and O–H groups in total. The molecule has 2 atom stereocenters. The Balaban J connectivity index is 1.60. The number of hydrogen-bond donors (Lipinski definition) is 1. The molecule has 0 saturated carbocycles. The van der Waals surface area contributed by atoms with Gasteiger partial charge in [-0.3, -0.25) is 9.69 Å². The molecule has 0 aliphatic carbocycles. The zero-order valence-corrected chi connectivity index (χ0v) is 21.8. The third kappa shape index (κ3) is 5.30. The number of ether oxygens (including phenoxy) is 1. The van der Waals surface area contributed by atoms with Crippen LogP contribution < -0.4 is 19.4 Å². The summed E-state index contributed by atoms with van der Waals surface area (Å²) in [6, 6.07) is 5.87. The number of aromatic nitrogens is 2. The van der Waals surface area contributed by atoms with Gasteiger partial charge < -0.3 is 24.5 Å². The summed E-state index contributed by atoms with van der Waals surface area (Å²) in [5.41, 5.74) is 1.24. The Bertz CT molecular complexity index is 1150. The monoisotopic (exact) mass is 510 g/mol. The van der Waals surface area contributed by atoms with Crippen LogP contribution >= 0.6 is 0 Å². The minimum absolute atomic E-state index is 0.163. The van der Waals surface area contributed by atoms with E-state index in [0.717, 1.165) is 18.4 Å². The van der Waals surface area contributed by atoms with Gasteiger partial charge in [-0.2, -0.15) is 4.98 Å². The number of likely N-dealkylation sites (tertiary alicyclic amines) is 1. The first-order chi connectivity index (χ1) is 17.7. The number of fused-ring (bicyclic) bond motifs is 1. The van der Waals surface area contributed by atoms with E-state index in [4.69, 9.17) is 9.72 Å². The number of carbonyl (C=O) groups excluding carboxylic acids is 2. The highest BCUT2D eigenvalue weighted by Crippen LogP contribution is 2.40. The van der Waals surface area contributed by atoms with Crippen molar-refractivity contribution in [1.29, 1.82) is 0 Å². The van der Waals surface area contributed by atoms with Gasteiger partial charge in [-0.05, 0) is 51.3 Å². The zero-order chi connectivity index (χ0) is 26.7. The van der Waals surface area contributed by atoms with Crippen LogP contribution in [0.25, 0.3) is 0 Å². The highest BCUT2D eigenvalue weighted by atomic mass is 16.6. The summed E-state index contributed by atoms with van der Waals surface area (Å²) in [7, 11) is 0. The normalized spacial score (nSPS) is 17.5. The van der Waals surface area contributed by atoms with Crippen molar-refractivity contribution in [2.24, 2.45) is 0 Å². The second kappa shape index (κ2) is 11.0. The highest BCUT2D eigenvalue weighted by molar-refractivity contribution is 5.99. The summed E-state index contributed by atoms with van der Waals surface area (Å²) < 4.78 is 5.46. The van der Waals surface area contributed by atoms with Crippen molar-refractivity contribution in [3.63, 3.8) is 0 Å². The summed E-state index contributed by atoms with van der Waals surface area (Å²) in [6.45, 7) is 10.0. The van der Waals surface area contributed by atoms with Gasteiger partial charge in [-0.1, -0.05) is 12.1 Å². The van der Waals surface area contributed by atoms with E-state index in [2.05, 4.69) is 4.98 Å². The van der Waals surface area contributed by atoms with E-state index in [0.29, 0.717) is 49.4 Å². The molecule has 1 saturated heterocycles. The average molecular weight is 511 g/mol. The zero-order valence-electron chi connectivity index (χ0n) is 21.8. The second-order valence-corrected chi connectivity index (χ2v) is 9.24. The number of aliphatic carboxylic acids is 1. The summed E-state index contributed by atoms with van der Waals surface area (Å²) in [5, 5.41) is 10.3. The van der Waals surface area contributed by atoms with E-state index in [1.165, 1.54) is 11.8 Å². The largest absolute Gasteiger partial charge is 0.480 e. The van der Waals surface area contributed by atoms with Crippen LogP contribution in [0.15, 0.2) is 30.5 Å². The Hall–Kier alpha value is -3.89. The lowest BCUT2D eigenvalue weighted by Crippen LogP contribution is -2.52. The Morgan fingerprint density at radius 2 is 1.78 bits per heavy atom. The predicted molar refractivity (Wildman–Crippen MR) is 139 cm³/mol. The summed E-state index contributed by atoms with van der Waals surface area (Å²) in [5.74, 6) is 0.0640. The molecule has 1 aromatic carbocycles. The number of hydrogen-bond acceptors (Lipinski definition) is 8. The van der Waals surface area contributed by atoms with Crippen molar-refractivity contribution in [2.75, 3.05) is 40.9 Å². The van der Waals surface area contributed by atoms with Crippen LogP contribution in [0.3, 0.4) is 0 Å². The van der Waals surface area contributed by atoms with Crippen LogP contribution in [0.5, 0.6) is 5.75 Å². The minimum atomic E-state index is -1.03. The molecular weight excluding hydrogens is 476 g/mol. The van der Waals surface area contributed by atoms with Gasteiger partial charge in [0, 0.05) is 39.5 Å². The lowest BCUT2D eigenvalue weighted by molar-refractivity contribution is -0.138. The van der Waals surface area contributed by atoms with Gasteiger partial charge in [0.15, 0.2) is 5.82 Å². The molecule has 11 nitrogen and oxygen atoms in total. The fourth-order valence-corrected chi connectivity index (χ4v) is 5.01. The van der Waals surface area contributed by atoms with Crippen LogP contribution in [0, 0.1) is 0 Å². The topological polar surface area (TPSA) is 119 Å². The molecule has 2 amide bonds. The maximum absolute atomic E-state index is 12.5. The van der Waals surface area contributed by atoms with Crippen molar-refractivity contribution in [1.82, 2.24) is 14.9 Å². The molecule has 11 heteroatoms. The maximum Gasteiger partial charge on any atom is 0.415 e. The first-order valence-corrected chi connectivity index (χ1v) is 12.7. The number of nitrogens with zero attached hydrogens (tertiary/aromatic N) is 6. The van der Waals surface area contributed by atoms with Gasteiger partial charge in [0.1, 0.15) is 23.6 Å². The fraction of sp³-hybridized carbons (Fsp3) is 0.500. The molecule has 1 aromatic heterocycles. The lowest BCUT2D eigenvalue weighted by Gasteiger charge is -2.32. The first kappa shape index (κ1) is 26.2. The Labute approximate surface area is 216 Å². The molecule has 37 heavy (non-hydrogen) atoms. The predicted octanol–water partition coefficient (Wildman–Crippen LogP) is 3.13. The van der Waals surface area contributed by atoms with E-state index in [1.807, 2.05) is 18.7 Å². The molecule has 2 aliphatic heterocycles. The number of rotatable bonds is 8. The SMILES string of the molecule is CCN(CC)c1ncc2c(n1)N([C@@H](Cc1ccc(OC(=O)N3CCCC3)cc1)C(=O)O)C(C)N2C(C)=O. The van der Waals surface area contributed by atoms with Crippen LogP contribution in [0.2, 0.25) is 0 Å². The molecule has 3 heterocycles. The number of anilines is 3. The number of carboxylic acids is 1. The third-order valence-corrected chi connectivity index (χ3v) is 6.95. The Morgan fingerprint density at radius 1 is 1.14 bits per heavy atom. The molecule has 1 unspecified atom stereocenters. The van der Waals surface area contributed by atoms with Crippen molar-refractivity contribution in [3.05, 3.63) is 36.0 Å². The van der Waals surface area contributed by atoms with E-state index in [-0.39, 0.29) is 18.4 Å². The van der Waals surface area contributed by atoms with Gasteiger partial charge in [-0.25, -0.2) is 14.6 Å². The standard InChI is InChI=1S/C26H34N6O5/c1-5-29(6-2)25-27-16-22-23(28-25)32(17(3)31(22)18(4)33)21(24(34)35)15-19-9-11-20(12-10-19)37-26(36)30-13-7-8-14-30/h9-12,16-17,21H,5-8,13-15H2,1-4H3,(H,34,35)/t17?,21-/m0/s1. The maximum atomic E-state index is 12.5. The van der Waals surface area contributed by atoms with Crippen LogP contribution in [0.4, 0.5) is 22.2 Å². The second-order valence-electron chi connectivity index (χ2n) is 9.24. The van der Waals surface area contributed by atoms with Gasteiger partial charge in [0.25, 0.3) is 0 Å². The highest BCUT2D eigenvalue weighted by Gasteiger charge is 2.43. The molecule has 198 valence electrons. The molecular formula is C26H34N6O5. The van der Waals surface area contributed by atoms with Crippen molar-refractivity contribution in [3.8, 4) is 5.75 Å². The number of carbonyl (C=O) groups is 3. The van der Waals surface area contributed by atoms with E-state index < -0.39 is 18.2 Å². The van der Waals surface area contributed by atoms with Crippen molar-refractivity contribution in [2.45, 2.75) is 59.2 Å². The van der Waals surface area contributed by atoms with Gasteiger partial charge in [0.05, 0.1) is 6.20 Å². The van der Waals surface area contributed by atoms with E-state index in [9.17, 15) is 19.5 Å². The first-order valence-electron chi connectivity index (χ1n) is 12.7. The number of carboxylic acid groups (broad SMARTS) is 1. The number of benzene rings is 1. The molecule has 4 rings (SSSR count). The molecule has 0 bridgehead atoms. The summed E-state index contributed by atoms with van der Waals surface area (Å²) in [6.07, 6.45) is 2.78. The van der Waals surface area contributed by atoms with Crippen LogP contribution in [-0.2, 0) is 16.0 Å². The number of amides is 2. The fourth-order valence-electron chi connectivity index (χ4n) is 5.01. The minimum Gasteiger partial charge on any atom is -0.480 e.